The zero-order chi connectivity index (χ0) is 29.0. The molecule has 208 valence electrons. The van der Waals surface area contributed by atoms with Crippen LogP contribution in [-0.2, 0) is 5.41 Å². The number of rotatable bonds is 5. The van der Waals surface area contributed by atoms with Crippen LogP contribution < -0.4 is 10.5 Å². The van der Waals surface area contributed by atoms with Gasteiger partial charge < -0.3 is 15.9 Å². The van der Waals surface area contributed by atoms with Crippen molar-refractivity contribution >= 4 is 22.4 Å². The Hall–Kier alpha value is -4.64. The SMILES string of the molecule is N=C(/C=C\C(N)c1ccccc1)C1CC=C(c2ccc3c(c2)C2(c4ccccc4O3)c3ccccc3-c3ccccc32)S1. The molecule has 5 aromatic carbocycles. The monoisotopic (exact) mass is 574 g/mol. The van der Waals surface area contributed by atoms with E-state index in [4.69, 9.17) is 15.9 Å². The number of para-hydroxylation sites is 1. The van der Waals surface area contributed by atoms with Crippen LogP contribution in [0.25, 0.3) is 16.0 Å². The molecule has 2 atom stereocenters. The minimum absolute atomic E-state index is 0.0594. The highest BCUT2D eigenvalue weighted by atomic mass is 32.2. The van der Waals surface area contributed by atoms with Crippen molar-refractivity contribution in [2.75, 3.05) is 0 Å². The van der Waals surface area contributed by atoms with Crippen molar-refractivity contribution in [2.24, 2.45) is 5.73 Å². The van der Waals surface area contributed by atoms with Crippen LogP contribution in [0.15, 0.2) is 140 Å². The lowest BCUT2D eigenvalue weighted by Crippen LogP contribution is -2.32. The second kappa shape index (κ2) is 10.3. The summed E-state index contributed by atoms with van der Waals surface area (Å²) in [6.45, 7) is 0. The lowest BCUT2D eigenvalue weighted by atomic mass is 9.66. The Labute approximate surface area is 256 Å². The Kier molecular flexibility index (Phi) is 6.21. The van der Waals surface area contributed by atoms with Crippen molar-refractivity contribution < 1.29 is 4.74 Å². The molecule has 3 aliphatic rings. The molecule has 4 heteroatoms. The summed E-state index contributed by atoms with van der Waals surface area (Å²) in [7, 11) is 0. The predicted octanol–water partition coefficient (Wildman–Crippen LogP) is 9.28. The van der Waals surface area contributed by atoms with E-state index in [1.807, 2.05) is 42.5 Å². The largest absolute Gasteiger partial charge is 0.457 e. The minimum atomic E-state index is -0.473. The number of ether oxygens (including phenoxy) is 1. The quantitative estimate of drug-likeness (QED) is 0.201. The van der Waals surface area contributed by atoms with E-state index in [0.717, 1.165) is 34.6 Å². The van der Waals surface area contributed by atoms with Gasteiger partial charge in [0.25, 0.3) is 0 Å². The van der Waals surface area contributed by atoms with Crippen molar-refractivity contribution in [3.63, 3.8) is 0 Å². The molecule has 0 amide bonds. The van der Waals surface area contributed by atoms with Crippen LogP contribution in [0.5, 0.6) is 11.5 Å². The Balaban J connectivity index is 1.17. The van der Waals surface area contributed by atoms with Crippen LogP contribution in [0.2, 0.25) is 0 Å². The summed E-state index contributed by atoms with van der Waals surface area (Å²) in [6.07, 6.45) is 6.90. The molecule has 0 radical (unpaired) electrons. The van der Waals surface area contributed by atoms with E-state index in [-0.39, 0.29) is 11.3 Å². The zero-order valence-corrected chi connectivity index (χ0v) is 24.4. The molecule has 2 unspecified atom stereocenters. The third-order valence-corrected chi connectivity index (χ3v) is 10.3. The van der Waals surface area contributed by atoms with E-state index in [9.17, 15) is 0 Å². The molecule has 0 aromatic heterocycles. The number of thioether (sulfide) groups is 1. The summed E-state index contributed by atoms with van der Waals surface area (Å²) >= 11 is 1.76. The summed E-state index contributed by atoms with van der Waals surface area (Å²) in [6, 6.07) is 42.5. The second-order valence-corrected chi connectivity index (χ2v) is 12.6. The van der Waals surface area contributed by atoms with Gasteiger partial charge in [-0.1, -0.05) is 115 Å². The third-order valence-electron chi connectivity index (χ3n) is 8.93. The van der Waals surface area contributed by atoms with Crippen LogP contribution in [0.1, 0.15) is 45.8 Å². The van der Waals surface area contributed by atoms with Gasteiger partial charge in [0, 0.05) is 27.8 Å². The first-order valence-electron chi connectivity index (χ1n) is 14.7. The van der Waals surface area contributed by atoms with Crippen molar-refractivity contribution in [3.05, 3.63) is 173 Å². The maximum absolute atomic E-state index is 8.80. The van der Waals surface area contributed by atoms with Crippen LogP contribution in [0.4, 0.5) is 0 Å². The minimum Gasteiger partial charge on any atom is -0.457 e. The summed E-state index contributed by atoms with van der Waals surface area (Å²) in [4.78, 5) is 1.20. The molecular formula is C39H30N2OS. The summed E-state index contributed by atoms with van der Waals surface area (Å²) < 4.78 is 6.58. The lowest BCUT2D eigenvalue weighted by Gasteiger charge is -2.39. The Morgan fingerprint density at radius 2 is 1.40 bits per heavy atom. The molecule has 5 aromatic rings. The van der Waals surface area contributed by atoms with Gasteiger partial charge in [-0.3, -0.25) is 0 Å². The Morgan fingerprint density at radius 3 is 2.14 bits per heavy atom. The molecular weight excluding hydrogens is 545 g/mol. The molecule has 2 aliphatic heterocycles. The Bertz CT molecular complexity index is 1910. The normalized spacial score (nSPS) is 17.9. The number of nitrogens with two attached hydrogens (primary N) is 1. The molecule has 1 spiro atoms. The summed E-state index contributed by atoms with van der Waals surface area (Å²) in [5, 5.41) is 8.86. The maximum Gasteiger partial charge on any atom is 0.132 e. The first kappa shape index (κ1) is 26.0. The highest BCUT2D eigenvalue weighted by molar-refractivity contribution is 8.09. The number of allylic oxidation sites excluding steroid dienone is 2. The van der Waals surface area contributed by atoms with E-state index in [2.05, 4.69) is 97.1 Å². The third kappa shape index (κ3) is 4.05. The highest BCUT2D eigenvalue weighted by Crippen LogP contribution is 2.62. The number of nitrogens with one attached hydrogen (secondary N) is 1. The smallest absolute Gasteiger partial charge is 0.132 e. The van der Waals surface area contributed by atoms with Gasteiger partial charge in [-0.05, 0) is 64.1 Å². The number of hydrogen-bond donors (Lipinski definition) is 2. The molecule has 3 nitrogen and oxygen atoms in total. The molecule has 0 bridgehead atoms. The Morgan fingerprint density at radius 1 is 0.767 bits per heavy atom. The molecule has 43 heavy (non-hydrogen) atoms. The maximum atomic E-state index is 8.80. The average molecular weight is 575 g/mol. The average Bonchev–Trinajstić information content (AvgIpc) is 3.67. The van der Waals surface area contributed by atoms with Crippen molar-refractivity contribution in [1.82, 2.24) is 0 Å². The van der Waals surface area contributed by atoms with Gasteiger partial charge in [0.05, 0.1) is 10.7 Å². The van der Waals surface area contributed by atoms with Gasteiger partial charge >= 0.3 is 0 Å². The molecule has 3 N–H and O–H groups in total. The fourth-order valence-corrected chi connectivity index (χ4v) is 8.11. The predicted molar refractivity (Wildman–Crippen MR) is 178 cm³/mol. The van der Waals surface area contributed by atoms with Crippen molar-refractivity contribution in [1.29, 1.82) is 5.41 Å². The first-order chi connectivity index (χ1) is 21.1. The summed E-state index contributed by atoms with van der Waals surface area (Å²) in [5.41, 5.74) is 16.2. The van der Waals surface area contributed by atoms with Gasteiger partial charge in [0.15, 0.2) is 0 Å². The van der Waals surface area contributed by atoms with Crippen LogP contribution in [0.3, 0.4) is 0 Å². The molecule has 2 heterocycles. The molecule has 0 saturated heterocycles. The standard InChI is InChI=1S/C39H30N2OS/c40-33(25-10-2-1-3-11-25)19-20-34(41)38-23-22-37(43-38)26-18-21-36-32(24-26)39(31-16-8-9-17-35(31)42-36)29-14-6-4-12-27(29)28-13-5-7-15-30(28)39/h1-22,24,33,38,41H,23,40H2/b20-19-,41-34?. The van der Waals surface area contributed by atoms with Gasteiger partial charge in [-0.15, -0.1) is 11.8 Å². The van der Waals surface area contributed by atoms with E-state index in [1.54, 1.807) is 11.8 Å². The van der Waals surface area contributed by atoms with E-state index in [1.165, 1.54) is 32.7 Å². The molecule has 0 saturated carbocycles. The number of fused-ring (bicyclic) bond motifs is 9. The molecule has 1 aliphatic carbocycles. The van der Waals surface area contributed by atoms with E-state index >= 15 is 0 Å². The van der Waals surface area contributed by atoms with Gasteiger partial charge in [0.2, 0.25) is 0 Å². The van der Waals surface area contributed by atoms with Crippen LogP contribution in [0, 0.1) is 5.41 Å². The van der Waals surface area contributed by atoms with Crippen molar-refractivity contribution in [2.45, 2.75) is 23.1 Å². The van der Waals surface area contributed by atoms with Crippen LogP contribution >= 0.6 is 11.8 Å². The number of benzene rings is 5. The molecule has 8 rings (SSSR count). The number of hydrogen-bond acceptors (Lipinski definition) is 4. The lowest BCUT2D eigenvalue weighted by molar-refractivity contribution is 0.436. The van der Waals surface area contributed by atoms with E-state index < -0.39 is 5.41 Å². The fourth-order valence-electron chi connectivity index (χ4n) is 6.95. The van der Waals surface area contributed by atoms with Gasteiger partial charge in [0.1, 0.15) is 11.5 Å². The topological polar surface area (TPSA) is 59.1 Å². The van der Waals surface area contributed by atoms with Crippen LogP contribution in [-0.4, -0.2) is 11.0 Å². The highest BCUT2D eigenvalue weighted by Gasteiger charge is 2.51. The molecule has 0 fully saturated rings. The zero-order valence-electron chi connectivity index (χ0n) is 23.5. The van der Waals surface area contributed by atoms with Gasteiger partial charge in [-0.25, -0.2) is 0 Å². The van der Waals surface area contributed by atoms with Gasteiger partial charge in [-0.2, -0.15) is 0 Å². The fraction of sp³-hybridized carbons (Fsp3) is 0.103. The van der Waals surface area contributed by atoms with E-state index in [0.29, 0.717) is 5.71 Å². The summed E-state index contributed by atoms with van der Waals surface area (Å²) in [5.74, 6) is 1.79. The second-order valence-electron chi connectivity index (χ2n) is 11.3. The van der Waals surface area contributed by atoms with Crippen molar-refractivity contribution in [3.8, 4) is 22.6 Å². The first-order valence-corrected chi connectivity index (χ1v) is 15.6.